The van der Waals surface area contributed by atoms with E-state index >= 15 is 0 Å². The second kappa shape index (κ2) is 12.3. The Morgan fingerprint density at radius 2 is 2.03 bits per heavy atom. The number of rotatable bonds is 12. The van der Waals surface area contributed by atoms with Crippen LogP contribution in [-0.4, -0.2) is 41.5 Å². The van der Waals surface area contributed by atoms with Gasteiger partial charge in [-0.3, -0.25) is 14.5 Å². The average Bonchev–Trinajstić information content (AvgIpc) is 2.70. The van der Waals surface area contributed by atoms with Crippen molar-refractivity contribution >= 4 is 30.1 Å². The molecule has 7 heteroatoms. The highest BCUT2D eigenvalue weighted by atomic mass is 16.6. The molecule has 0 fully saturated rings. The van der Waals surface area contributed by atoms with Crippen LogP contribution in [0.5, 0.6) is 0 Å². The second-order valence-corrected chi connectivity index (χ2v) is 6.57. The van der Waals surface area contributed by atoms with Gasteiger partial charge in [-0.25, -0.2) is 4.99 Å². The fourth-order valence-electron chi connectivity index (χ4n) is 2.59. The van der Waals surface area contributed by atoms with Crippen molar-refractivity contribution < 1.29 is 19.5 Å². The number of aryl methyl sites for hydroxylation is 1. The number of allylic oxidation sites excluding steroid dienone is 1. The molecule has 0 heterocycles. The Balaban J connectivity index is 3.26. The van der Waals surface area contributed by atoms with Crippen molar-refractivity contribution in [1.29, 1.82) is 0 Å². The van der Waals surface area contributed by atoms with Crippen molar-refractivity contribution in [2.75, 3.05) is 7.11 Å². The molecule has 0 saturated heterocycles. The predicted octanol–water partition coefficient (Wildman–Crippen LogP) is 4.56. The lowest BCUT2D eigenvalue weighted by molar-refractivity contribution is -0.137. The largest absolute Gasteiger partial charge is 0.481 e. The maximum atomic E-state index is 11.7. The van der Waals surface area contributed by atoms with Gasteiger partial charge < -0.3 is 9.94 Å². The van der Waals surface area contributed by atoms with Crippen LogP contribution in [-0.2, 0) is 14.4 Å². The van der Waals surface area contributed by atoms with E-state index in [0.717, 1.165) is 16.8 Å². The highest BCUT2D eigenvalue weighted by Gasteiger charge is 2.14. The van der Waals surface area contributed by atoms with Crippen LogP contribution in [0, 0.1) is 6.92 Å². The standard InChI is InChI=1S/C22H29N3O4/c1-6-18(4)25(15-26)21(9-7-8-10-22(27)28)24-20-13-19(12-11-16(20)2)17(3)14-23-29-5/h6,11-15,17H,1,4,7-10H2,2-3,5H3,(H,27,28)/b23-14-,24-21?. The molecule has 1 N–H and O–H groups in total. The van der Waals surface area contributed by atoms with E-state index in [2.05, 4.69) is 18.3 Å². The van der Waals surface area contributed by atoms with Crippen LogP contribution in [0.2, 0.25) is 0 Å². The smallest absolute Gasteiger partial charge is 0.303 e. The summed E-state index contributed by atoms with van der Waals surface area (Å²) in [6.45, 7) is 11.4. The number of unbranched alkanes of at least 4 members (excludes halogenated alkanes) is 1. The Morgan fingerprint density at radius 1 is 1.34 bits per heavy atom. The fourth-order valence-corrected chi connectivity index (χ4v) is 2.59. The van der Waals surface area contributed by atoms with E-state index in [1.54, 1.807) is 6.21 Å². The molecule has 1 amide bonds. The first-order valence-electron chi connectivity index (χ1n) is 9.36. The molecule has 1 atom stereocenters. The summed E-state index contributed by atoms with van der Waals surface area (Å²) in [6, 6.07) is 5.90. The molecule has 156 valence electrons. The number of aliphatic imine (C=N–C) groups is 1. The summed E-state index contributed by atoms with van der Waals surface area (Å²) in [4.78, 5) is 33.2. The van der Waals surface area contributed by atoms with Crippen LogP contribution in [0.1, 0.15) is 49.7 Å². The van der Waals surface area contributed by atoms with Crippen molar-refractivity contribution in [3.05, 3.63) is 54.3 Å². The molecule has 1 unspecified atom stereocenters. The summed E-state index contributed by atoms with van der Waals surface area (Å²) >= 11 is 0. The van der Waals surface area contributed by atoms with E-state index in [9.17, 15) is 9.59 Å². The molecule has 29 heavy (non-hydrogen) atoms. The molecule has 1 aromatic rings. The minimum absolute atomic E-state index is 0.0221. The third-order valence-corrected chi connectivity index (χ3v) is 4.37. The number of aliphatic carboxylic acids is 1. The Hall–Kier alpha value is -3.22. The maximum Gasteiger partial charge on any atom is 0.303 e. The number of carboxylic acids is 1. The molecule has 0 aromatic heterocycles. The van der Waals surface area contributed by atoms with Gasteiger partial charge in [-0.05, 0) is 43.0 Å². The van der Waals surface area contributed by atoms with Gasteiger partial charge in [0, 0.05) is 24.5 Å². The quantitative estimate of drug-likeness (QED) is 0.139. The number of benzene rings is 1. The van der Waals surface area contributed by atoms with Crippen LogP contribution in [0.15, 0.2) is 53.3 Å². The summed E-state index contributed by atoms with van der Waals surface area (Å²) < 4.78 is 0. The average molecular weight is 399 g/mol. The lowest BCUT2D eigenvalue weighted by Gasteiger charge is -2.20. The first-order chi connectivity index (χ1) is 13.8. The molecular weight excluding hydrogens is 370 g/mol. The first-order valence-corrected chi connectivity index (χ1v) is 9.36. The third-order valence-electron chi connectivity index (χ3n) is 4.37. The summed E-state index contributed by atoms with van der Waals surface area (Å²) in [5.41, 5.74) is 3.08. The molecule has 1 aromatic carbocycles. The Labute approximate surface area is 172 Å². The summed E-state index contributed by atoms with van der Waals surface area (Å²) in [7, 11) is 1.49. The first kappa shape index (κ1) is 23.8. The van der Waals surface area contributed by atoms with Gasteiger partial charge in [-0.15, -0.1) is 0 Å². The Bertz CT molecular complexity index is 799. The highest BCUT2D eigenvalue weighted by molar-refractivity contribution is 5.95. The van der Waals surface area contributed by atoms with Crippen molar-refractivity contribution in [1.82, 2.24) is 4.90 Å². The Kier molecular flexibility index (Phi) is 10.1. The minimum atomic E-state index is -0.846. The van der Waals surface area contributed by atoms with Crippen LogP contribution >= 0.6 is 0 Å². The molecule has 1 rings (SSSR count). The summed E-state index contributed by atoms with van der Waals surface area (Å²) in [5.74, 6) is -0.330. The van der Waals surface area contributed by atoms with E-state index < -0.39 is 5.97 Å². The number of amidine groups is 1. The molecule has 0 spiro atoms. The molecular formula is C22H29N3O4. The van der Waals surface area contributed by atoms with Gasteiger partial charge in [0.15, 0.2) is 0 Å². The Morgan fingerprint density at radius 3 is 2.62 bits per heavy atom. The second-order valence-electron chi connectivity index (χ2n) is 6.57. The summed E-state index contributed by atoms with van der Waals surface area (Å²) in [5, 5.41) is 12.6. The molecule has 7 nitrogen and oxygen atoms in total. The zero-order valence-corrected chi connectivity index (χ0v) is 17.3. The van der Waals surface area contributed by atoms with E-state index in [-0.39, 0.29) is 12.3 Å². The monoisotopic (exact) mass is 399 g/mol. The normalized spacial score (nSPS) is 12.4. The van der Waals surface area contributed by atoms with E-state index in [0.29, 0.717) is 37.2 Å². The van der Waals surface area contributed by atoms with Crippen molar-refractivity contribution in [2.24, 2.45) is 10.1 Å². The molecule has 0 aliphatic carbocycles. The van der Waals surface area contributed by atoms with Crippen molar-refractivity contribution in [2.45, 2.75) is 45.4 Å². The topological polar surface area (TPSA) is 91.6 Å². The number of oxime groups is 1. The fraction of sp³-hybridized carbons (Fsp3) is 0.364. The van der Waals surface area contributed by atoms with E-state index in [1.807, 2.05) is 32.0 Å². The lowest BCUT2D eigenvalue weighted by atomic mass is 10.00. The number of carbonyl (C=O) groups excluding carboxylic acids is 1. The van der Waals surface area contributed by atoms with E-state index in [1.165, 1.54) is 18.1 Å². The number of carboxylic acid groups (broad SMARTS) is 1. The van der Waals surface area contributed by atoms with Crippen LogP contribution in [0.4, 0.5) is 5.69 Å². The SMILES string of the molecule is C=CC(=C)N(C=O)C(CCCCC(=O)O)=Nc1cc(C(C)/C=N\OC)ccc1C. The van der Waals surface area contributed by atoms with Crippen molar-refractivity contribution in [3.63, 3.8) is 0 Å². The van der Waals surface area contributed by atoms with Crippen molar-refractivity contribution in [3.8, 4) is 0 Å². The number of nitrogens with zero attached hydrogens (tertiary/aromatic N) is 3. The number of amides is 1. The van der Waals surface area contributed by atoms with Crippen LogP contribution < -0.4 is 0 Å². The van der Waals surface area contributed by atoms with Gasteiger partial charge in [0.25, 0.3) is 0 Å². The van der Waals surface area contributed by atoms with Crippen LogP contribution in [0.3, 0.4) is 0 Å². The van der Waals surface area contributed by atoms with Gasteiger partial charge in [0.05, 0.1) is 11.9 Å². The van der Waals surface area contributed by atoms with E-state index in [4.69, 9.17) is 14.9 Å². The highest BCUT2D eigenvalue weighted by Crippen LogP contribution is 2.26. The predicted molar refractivity (Wildman–Crippen MR) is 116 cm³/mol. The maximum absolute atomic E-state index is 11.7. The molecule has 0 aliphatic rings. The summed E-state index contributed by atoms with van der Waals surface area (Å²) in [6.07, 6.45) is 5.40. The molecule has 0 aliphatic heterocycles. The number of carbonyl (C=O) groups is 2. The number of hydrogen-bond acceptors (Lipinski definition) is 5. The van der Waals surface area contributed by atoms with Crippen LogP contribution in [0.25, 0.3) is 0 Å². The molecule has 0 bridgehead atoms. The van der Waals surface area contributed by atoms with Gasteiger partial charge in [0.2, 0.25) is 6.41 Å². The number of hydrogen-bond donors (Lipinski definition) is 1. The van der Waals surface area contributed by atoms with Gasteiger partial charge in [-0.2, -0.15) is 0 Å². The lowest BCUT2D eigenvalue weighted by Crippen LogP contribution is -2.27. The molecule has 0 radical (unpaired) electrons. The minimum Gasteiger partial charge on any atom is -0.481 e. The van der Waals surface area contributed by atoms with Gasteiger partial charge >= 0.3 is 5.97 Å². The molecule has 0 saturated carbocycles. The zero-order valence-electron chi connectivity index (χ0n) is 17.3. The zero-order chi connectivity index (χ0) is 21.8. The third kappa shape index (κ3) is 7.73. The van der Waals surface area contributed by atoms with Gasteiger partial charge in [-0.1, -0.05) is 37.4 Å². The van der Waals surface area contributed by atoms with Gasteiger partial charge in [0.1, 0.15) is 12.9 Å².